The first-order valence-electron chi connectivity index (χ1n) is 6.49. The molecule has 0 aliphatic rings. The van der Waals surface area contributed by atoms with Crippen molar-refractivity contribution in [2.75, 3.05) is 13.2 Å². The molecule has 0 aliphatic heterocycles. The summed E-state index contributed by atoms with van der Waals surface area (Å²) in [5.41, 5.74) is 2.61. The van der Waals surface area contributed by atoms with E-state index in [2.05, 4.69) is 11.1 Å². The number of benzene rings is 1. The summed E-state index contributed by atoms with van der Waals surface area (Å²) in [6.45, 7) is 0.682. The second-order valence-corrected chi connectivity index (χ2v) is 4.37. The Labute approximate surface area is 118 Å². The van der Waals surface area contributed by atoms with E-state index in [0.29, 0.717) is 18.6 Å². The number of nitrogens with zero attached hydrogens (tertiary/aromatic N) is 2. The topological polar surface area (TPSA) is 66.1 Å². The van der Waals surface area contributed by atoms with E-state index in [0.717, 1.165) is 23.4 Å². The monoisotopic (exact) mass is 268 g/mol. The highest BCUT2D eigenvalue weighted by atomic mass is 16.5. The Morgan fingerprint density at radius 1 is 1.10 bits per heavy atom. The van der Waals surface area contributed by atoms with Gasteiger partial charge in [0.05, 0.1) is 18.2 Å². The first-order valence-corrected chi connectivity index (χ1v) is 6.49. The molecule has 1 heterocycles. The van der Waals surface area contributed by atoms with E-state index in [4.69, 9.17) is 15.1 Å². The van der Waals surface area contributed by atoms with Crippen molar-refractivity contribution < 1.29 is 9.84 Å². The van der Waals surface area contributed by atoms with Gasteiger partial charge in [-0.05, 0) is 42.3 Å². The van der Waals surface area contributed by atoms with Gasteiger partial charge in [0.1, 0.15) is 5.75 Å². The van der Waals surface area contributed by atoms with Gasteiger partial charge in [0.15, 0.2) is 0 Å². The van der Waals surface area contributed by atoms with Gasteiger partial charge in [0.2, 0.25) is 0 Å². The number of pyridine rings is 1. The third-order valence-electron chi connectivity index (χ3n) is 2.90. The number of aromatic nitrogens is 1. The normalized spacial score (nSPS) is 10.0. The molecule has 4 nitrogen and oxygen atoms in total. The third kappa shape index (κ3) is 4.08. The molecule has 0 radical (unpaired) electrons. The molecule has 0 amide bonds. The first-order chi connectivity index (χ1) is 9.81. The van der Waals surface area contributed by atoms with Gasteiger partial charge in [-0.1, -0.05) is 6.07 Å². The first kappa shape index (κ1) is 14.0. The molecule has 1 aromatic heterocycles. The van der Waals surface area contributed by atoms with Gasteiger partial charge >= 0.3 is 0 Å². The lowest BCUT2D eigenvalue weighted by Crippen LogP contribution is -2.03. The number of hydrogen-bond donors (Lipinski definition) is 1. The summed E-state index contributed by atoms with van der Waals surface area (Å²) in [6.07, 6.45) is 3.14. The Balaban J connectivity index is 1.81. The summed E-state index contributed by atoms with van der Waals surface area (Å²) in [4.78, 5) is 4.32. The molecule has 0 spiro atoms. The average molecular weight is 268 g/mol. The summed E-state index contributed by atoms with van der Waals surface area (Å²) in [7, 11) is 0. The predicted octanol–water partition coefficient (Wildman–Crippen LogP) is 2.11. The maximum absolute atomic E-state index is 8.83. The van der Waals surface area contributed by atoms with Crippen LogP contribution in [-0.4, -0.2) is 23.3 Å². The Morgan fingerprint density at radius 2 is 1.90 bits per heavy atom. The van der Waals surface area contributed by atoms with Crippen LogP contribution in [0.4, 0.5) is 0 Å². The highest BCUT2D eigenvalue weighted by molar-refractivity contribution is 5.34. The lowest BCUT2D eigenvalue weighted by Gasteiger charge is -2.06. The van der Waals surface area contributed by atoms with Gasteiger partial charge in [-0.3, -0.25) is 4.98 Å². The number of nitriles is 1. The number of hydrogen-bond acceptors (Lipinski definition) is 4. The number of ether oxygens (including phenoxy) is 1. The highest BCUT2D eigenvalue weighted by Gasteiger charge is 1.99. The predicted molar refractivity (Wildman–Crippen MR) is 75.4 cm³/mol. The van der Waals surface area contributed by atoms with E-state index in [9.17, 15) is 0 Å². The van der Waals surface area contributed by atoms with E-state index in [1.165, 1.54) is 0 Å². The summed E-state index contributed by atoms with van der Waals surface area (Å²) in [5.74, 6) is 0.751. The lowest BCUT2D eigenvalue weighted by atomic mass is 10.2. The molecule has 0 fully saturated rings. The smallest absolute Gasteiger partial charge is 0.119 e. The van der Waals surface area contributed by atoms with Gasteiger partial charge in [-0.15, -0.1) is 0 Å². The van der Waals surface area contributed by atoms with Crippen molar-refractivity contribution in [2.24, 2.45) is 0 Å². The second kappa shape index (κ2) is 7.27. The molecule has 0 aliphatic carbocycles. The van der Waals surface area contributed by atoms with E-state index < -0.39 is 0 Å². The average Bonchev–Trinajstić information content (AvgIpc) is 2.50. The van der Waals surface area contributed by atoms with Crippen molar-refractivity contribution >= 4 is 0 Å². The highest BCUT2D eigenvalue weighted by Crippen LogP contribution is 2.12. The fourth-order valence-electron chi connectivity index (χ4n) is 1.78. The lowest BCUT2D eigenvalue weighted by molar-refractivity contribution is 0.299. The molecule has 2 aromatic rings. The van der Waals surface area contributed by atoms with Gasteiger partial charge in [0, 0.05) is 24.9 Å². The van der Waals surface area contributed by atoms with Crippen LogP contribution in [0.25, 0.3) is 0 Å². The molecule has 20 heavy (non-hydrogen) atoms. The van der Waals surface area contributed by atoms with Crippen molar-refractivity contribution in [1.82, 2.24) is 4.98 Å². The molecule has 1 N–H and O–H groups in total. The molecule has 102 valence electrons. The zero-order valence-electron chi connectivity index (χ0n) is 11.1. The molecule has 2 rings (SSSR count). The number of aliphatic hydroxyl groups excluding tert-OH is 1. The van der Waals surface area contributed by atoms with Crippen LogP contribution < -0.4 is 4.74 Å². The molecule has 1 aromatic carbocycles. The molecule has 0 bridgehead atoms. The van der Waals surface area contributed by atoms with Crippen molar-refractivity contribution in [3.63, 3.8) is 0 Å². The fraction of sp³-hybridized carbons (Fsp3) is 0.250. The Bertz CT molecular complexity index is 571. The summed E-state index contributed by atoms with van der Waals surface area (Å²) in [5, 5.41) is 17.5. The van der Waals surface area contributed by atoms with Crippen LogP contribution in [0.15, 0.2) is 42.6 Å². The molecular formula is C16H16N2O2. The maximum atomic E-state index is 8.83. The molecular weight excluding hydrogens is 252 g/mol. The van der Waals surface area contributed by atoms with Crippen molar-refractivity contribution in [3.8, 4) is 11.8 Å². The second-order valence-electron chi connectivity index (χ2n) is 4.37. The Hall–Kier alpha value is -2.38. The van der Waals surface area contributed by atoms with Crippen LogP contribution in [0.2, 0.25) is 0 Å². The minimum Gasteiger partial charge on any atom is -0.493 e. The summed E-state index contributed by atoms with van der Waals surface area (Å²) < 4.78 is 5.60. The van der Waals surface area contributed by atoms with Crippen LogP contribution in [0.5, 0.6) is 5.75 Å². The number of aliphatic hydroxyl groups is 1. The standard InChI is InChI=1S/C16H16N2O2/c17-11-13-2-5-16(6-3-13)20-10-8-15-4-1-14(7-9-19)12-18-15/h1-6,12,19H,7-10H2. The van der Waals surface area contributed by atoms with Gasteiger partial charge in [0.25, 0.3) is 0 Å². The van der Waals surface area contributed by atoms with Crippen LogP contribution in [0, 0.1) is 11.3 Å². The molecule has 0 saturated heterocycles. The minimum atomic E-state index is 0.142. The fourth-order valence-corrected chi connectivity index (χ4v) is 1.78. The summed E-state index contributed by atoms with van der Waals surface area (Å²) >= 11 is 0. The molecule has 4 heteroatoms. The van der Waals surface area contributed by atoms with Crippen LogP contribution in [-0.2, 0) is 12.8 Å². The molecule has 0 saturated carbocycles. The third-order valence-corrected chi connectivity index (χ3v) is 2.90. The number of rotatable bonds is 6. The van der Waals surface area contributed by atoms with Crippen molar-refractivity contribution in [1.29, 1.82) is 5.26 Å². The summed E-state index contributed by atoms with van der Waals surface area (Å²) in [6, 6.07) is 13.0. The zero-order chi connectivity index (χ0) is 14.2. The SMILES string of the molecule is N#Cc1ccc(OCCc2ccc(CCO)cn2)cc1. The van der Waals surface area contributed by atoms with Crippen LogP contribution >= 0.6 is 0 Å². The zero-order valence-corrected chi connectivity index (χ0v) is 11.1. The minimum absolute atomic E-state index is 0.142. The Morgan fingerprint density at radius 3 is 2.50 bits per heavy atom. The largest absolute Gasteiger partial charge is 0.493 e. The van der Waals surface area contributed by atoms with Crippen LogP contribution in [0.1, 0.15) is 16.8 Å². The molecule has 0 atom stereocenters. The van der Waals surface area contributed by atoms with E-state index in [1.807, 2.05) is 12.1 Å². The van der Waals surface area contributed by atoms with E-state index in [-0.39, 0.29) is 6.61 Å². The van der Waals surface area contributed by atoms with Gasteiger partial charge in [-0.25, -0.2) is 0 Å². The van der Waals surface area contributed by atoms with Crippen molar-refractivity contribution in [2.45, 2.75) is 12.8 Å². The van der Waals surface area contributed by atoms with Gasteiger partial charge < -0.3 is 9.84 Å². The van der Waals surface area contributed by atoms with Gasteiger partial charge in [-0.2, -0.15) is 5.26 Å². The van der Waals surface area contributed by atoms with E-state index >= 15 is 0 Å². The Kier molecular flexibility index (Phi) is 5.10. The van der Waals surface area contributed by atoms with Crippen molar-refractivity contribution in [3.05, 3.63) is 59.4 Å². The quantitative estimate of drug-likeness (QED) is 0.871. The molecule has 0 unspecified atom stereocenters. The van der Waals surface area contributed by atoms with E-state index in [1.54, 1.807) is 30.5 Å². The maximum Gasteiger partial charge on any atom is 0.119 e. The van der Waals surface area contributed by atoms with Crippen LogP contribution in [0.3, 0.4) is 0 Å².